The average molecular weight is 261 g/mol. The molecule has 0 unspecified atom stereocenters. The van der Waals surface area contributed by atoms with Gasteiger partial charge in [-0.2, -0.15) is 0 Å². The first-order valence-electron chi connectivity index (χ1n) is 6.98. The zero-order chi connectivity index (χ0) is 12.6. The number of halogens is 2. The smallest absolute Gasteiger partial charge is 0.250 e. The third-order valence-corrected chi connectivity index (χ3v) is 4.58. The third-order valence-electron chi connectivity index (χ3n) is 4.58. The number of hydrogen-bond acceptors (Lipinski definition) is 3. The van der Waals surface area contributed by atoms with Gasteiger partial charge in [0.05, 0.1) is 13.2 Å². The number of rotatable bonds is 1. The molecule has 104 valence electrons. The molecule has 0 bridgehead atoms. The Morgan fingerprint density at radius 3 is 2.00 bits per heavy atom. The molecule has 3 aliphatic rings. The topological polar surface area (TPSA) is 21.7 Å². The fraction of sp³-hybridized carbons (Fsp3) is 1.00. The van der Waals surface area contributed by atoms with Crippen LogP contribution in [0.5, 0.6) is 0 Å². The van der Waals surface area contributed by atoms with Crippen LogP contribution in [0.2, 0.25) is 0 Å². The Bertz CT molecular complexity index is 285. The van der Waals surface area contributed by atoms with E-state index >= 15 is 0 Å². The van der Waals surface area contributed by atoms with Gasteiger partial charge in [-0.15, -0.1) is 0 Å². The van der Waals surface area contributed by atoms with Crippen LogP contribution >= 0.6 is 0 Å². The summed E-state index contributed by atoms with van der Waals surface area (Å²) in [5.41, 5.74) is 0. The van der Waals surface area contributed by atoms with Crippen LogP contribution in [0.15, 0.2) is 0 Å². The van der Waals surface area contributed by atoms with Crippen LogP contribution in [-0.2, 0) is 9.47 Å². The van der Waals surface area contributed by atoms with Gasteiger partial charge in [0.15, 0.2) is 5.79 Å². The molecule has 0 aromatic heterocycles. The Kier molecular flexibility index (Phi) is 3.32. The Hall–Kier alpha value is -0.260. The van der Waals surface area contributed by atoms with Gasteiger partial charge in [-0.1, -0.05) is 0 Å². The number of piperidine rings is 1. The first-order chi connectivity index (χ1) is 8.59. The molecule has 2 saturated heterocycles. The molecule has 1 saturated carbocycles. The van der Waals surface area contributed by atoms with E-state index in [9.17, 15) is 8.78 Å². The van der Waals surface area contributed by atoms with Gasteiger partial charge < -0.3 is 9.47 Å². The molecule has 2 heterocycles. The van der Waals surface area contributed by atoms with Gasteiger partial charge in [0, 0.05) is 44.8 Å². The van der Waals surface area contributed by atoms with Crippen LogP contribution in [0.1, 0.15) is 38.5 Å². The molecule has 0 radical (unpaired) electrons. The zero-order valence-corrected chi connectivity index (χ0v) is 10.7. The van der Waals surface area contributed by atoms with Gasteiger partial charge in [0.2, 0.25) is 0 Å². The molecule has 0 aromatic rings. The van der Waals surface area contributed by atoms with Crippen LogP contribution in [0.25, 0.3) is 0 Å². The molecule has 1 aliphatic carbocycles. The molecular weight excluding hydrogens is 240 g/mol. The lowest BCUT2D eigenvalue weighted by molar-refractivity contribution is -0.186. The predicted octanol–water partition coefficient (Wildman–Crippen LogP) is 2.40. The van der Waals surface area contributed by atoms with Gasteiger partial charge in [-0.05, 0) is 12.8 Å². The summed E-state index contributed by atoms with van der Waals surface area (Å²) in [4.78, 5) is 2.24. The highest BCUT2D eigenvalue weighted by atomic mass is 19.3. The lowest BCUT2D eigenvalue weighted by Crippen LogP contribution is -2.48. The maximum Gasteiger partial charge on any atom is 0.250 e. The van der Waals surface area contributed by atoms with Crippen molar-refractivity contribution in [2.24, 2.45) is 0 Å². The second kappa shape index (κ2) is 4.69. The van der Waals surface area contributed by atoms with Crippen LogP contribution in [0.4, 0.5) is 8.78 Å². The van der Waals surface area contributed by atoms with E-state index in [4.69, 9.17) is 9.47 Å². The largest absolute Gasteiger partial charge is 0.348 e. The maximum atomic E-state index is 13.1. The van der Waals surface area contributed by atoms with E-state index in [1.165, 1.54) is 0 Å². The molecule has 0 atom stereocenters. The molecule has 0 aromatic carbocycles. The van der Waals surface area contributed by atoms with Crippen LogP contribution in [0, 0.1) is 0 Å². The van der Waals surface area contributed by atoms with E-state index in [-0.39, 0.29) is 18.6 Å². The van der Waals surface area contributed by atoms with Crippen molar-refractivity contribution in [3.63, 3.8) is 0 Å². The summed E-state index contributed by atoms with van der Waals surface area (Å²) in [5, 5.41) is 0. The summed E-state index contributed by atoms with van der Waals surface area (Å²) in [6.07, 6.45) is 3.86. The van der Waals surface area contributed by atoms with E-state index in [2.05, 4.69) is 4.90 Å². The Labute approximate surface area is 106 Å². The van der Waals surface area contributed by atoms with E-state index in [1.807, 2.05) is 0 Å². The fourth-order valence-electron chi connectivity index (χ4n) is 3.41. The van der Waals surface area contributed by atoms with E-state index < -0.39 is 5.92 Å². The van der Waals surface area contributed by atoms with Crippen molar-refractivity contribution in [2.75, 3.05) is 26.3 Å². The first kappa shape index (κ1) is 12.8. The Morgan fingerprint density at radius 2 is 1.44 bits per heavy atom. The molecule has 0 amide bonds. The number of nitrogens with zero attached hydrogens (tertiary/aromatic N) is 1. The minimum Gasteiger partial charge on any atom is -0.348 e. The van der Waals surface area contributed by atoms with Crippen molar-refractivity contribution in [1.29, 1.82) is 0 Å². The highest BCUT2D eigenvalue weighted by molar-refractivity contribution is 4.89. The number of likely N-dealkylation sites (tertiary alicyclic amines) is 1. The highest BCUT2D eigenvalue weighted by Gasteiger charge is 2.43. The van der Waals surface area contributed by atoms with E-state index in [0.717, 1.165) is 25.7 Å². The average Bonchev–Trinajstić information content (AvgIpc) is 2.79. The molecule has 3 rings (SSSR count). The van der Waals surface area contributed by atoms with Crippen molar-refractivity contribution in [2.45, 2.75) is 56.3 Å². The van der Waals surface area contributed by atoms with Gasteiger partial charge in [-0.3, -0.25) is 4.90 Å². The van der Waals surface area contributed by atoms with Crippen molar-refractivity contribution >= 4 is 0 Å². The van der Waals surface area contributed by atoms with E-state index in [1.54, 1.807) is 0 Å². The van der Waals surface area contributed by atoms with E-state index in [0.29, 0.717) is 32.3 Å². The molecule has 1 spiro atoms. The fourth-order valence-corrected chi connectivity index (χ4v) is 3.41. The maximum absolute atomic E-state index is 13.1. The van der Waals surface area contributed by atoms with Crippen molar-refractivity contribution in [1.82, 2.24) is 4.90 Å². The minimum atomic E-state index is -2.44. The van der Waals surface area contributed by atoms with Crippen LogP contribution < -0.4 is 0 Å². The molecule has 18 heavy (non-hydrogen) atoms. The third kappa shape index (κ3) is 2.53. The number of alkyl halides is 2. The Balaban J connectivity index is 1.51. The second-order valence-electron chi connectivity index (χ2n) is 5.73. The first-order valence-corrected chi connectivity index (χ1v) is 6.98. The normalized spacial score (nSPS) is 33.0. The summed E-state index contributed by atoms with van der Waals surface area (Å²) in [6.45, 7) is 2.46. The number of ether oxygens (including phenoxy) is 2. The van der Waals surface area contributed by atoms with Gasteiger partial charge in [-0.25, -0.2) is 8.78 Å². The van der Waals surface area contributed by atoms with Gasteiger partial charge >= 0.3 is 0 Å². The SMILES string of the molecule is FC1(F)CCN(C2CCC3(CC2)OCCO3)CC1. The highest BCUT2D eigenvalue weighted by Crippen LogP contribution is 2.39. The second-order valence-corrected chi connectivity index (χ2v) is 5.73. The quantitative estimate of drug-likeness (QED) is 0.723. The molecule has 2 aliphatic heterocycles. The predicted molar refractivity (Wildman–Crippen MR) is 62.6 cm³/mol. The standard InChI is InChI=1S/C13H21F2NO2/c14-12(15)5-7-16(8-6-12)11-1-3-13(4-2-11)17-9-10-18-13/h11H,1-10H2. The molecule has 5 heteroatoms. The summed E-state index contributed by atoms with van der Waals surface area (Å²) in [6, 6.07) is 0.444. The minimum absolute atomic E-state index is 0.0155. The van der Waals surface area contributed by atoms with Crippen molar-refractivity contribution in [3.8, 4) is 0 Å². The zero-order valence-electron chi connectivity index (χ0n) is 10.7. The van der Waals surface area contributed by atoms with Crippen molar-refractivity contribution in [3.05, 3.63) is 0 Å². The van der Waals surface area contributed by atoms with Crippen molar-refractivity contribution < 1.29 is 18.3 Å². The van der Waals surface area contributed by atoms with Crippen LogP contribution in [0.3, 0.4) is 0 Å². The van der Waals surface area contributed by atoms with Crippen LogP contribution in [-0.4, -0.2) is 49.0 Å². The summed E-state index contributed by atoms with van der Waals surface area (Å²) < 4.78 is 37.6. The lowest BCUT2D eigenvalue weighted by atomic mass is 9.88. The van der Waals surface area contributed by atoms with Gasteiger partial charge in [0.25, 0.3) is 5.92 Å². The van der Waals surface area contributed by atoms with Gasteiger partial charge in [0.1, 0.15) is 0 Å². The monoisotopic (exact) mass is 261 g/mol. The lowest BCUT2D eigenvalue weighted by Gasteiger charge is -2.43. The Morgan fingerprint density at radius 1 is 0.889 bits per heavy atom. The number of hydrogen-bond donors (Lipinski definition) is 0. The molecule has 3 fully saturated rings. The summed E-state index contributed by atoms with van der Waals surface area (Å²) in [7, 11) is 0. The summed E-state index contributed by atoms with van der Waals surface area (Å²) in [5.74, 6) is -2.78. The molecule has 3 nitrogen and oxygen atoms in total. The molecular formula is C13H21F2NO2. The molecule has 0 N–H and O–H groups in total. The summed E-state index contributed by atoms with van der Waals surface area (Å²) >= 11 is 0.